The number of aromatic nitrogens is 4. The Bertz CT molecular complexity index is 688. The second kappa shape index (κ2) is 4.38. The van der Waals surface area contributed by atoms with E-state index in [2.05, 4.69) is 15.1 Å². The third kappa shape index (κ3) is 1.95. The monoisotopic (exact) mass is 260 g/mol. The van der Waals surface area contributed by atoms with E-state index in [0.717, 1.165) is 22.5 Å². The number of hydrogen-bond donors (Lipinski definition) is 0. The van der Waals surface area contributed by atoms with E-state index in [4.69, 9.17) is 4.74 Å². The van der Waals surface area contributed by atoms with Gasteiger partial charge in [0, 0.05) is 13.5 Å². The summed E-state index contributed by atoms with van der Waals surface area (Å²) < 4.78 is 7.48. The number of aryl methyl sites for hydroxylation is 2. The molecular weight excluding hydrogens is 248 g/mol. The Hall–Kier alpha value is -1.95. The van der Waals surface area contributed by atoms with Gasteiger partial charge in [-0.05, 0) is 11.4 Å². The van der Waals surface area contributed by atoms with Crippen LogP contribution in [0, 0.1) is 0 Å². The zero-order valence-electron chi connectivity index (χ0n) is 10.1. The molecule has 0 N–H and O–H groups in total. The molecule has 0 amide bonds. The first-order chi connectivity index (χ1) is 8.76. The molecular formula is C12H12N4OS. The molecule has 6 heteroatoms. The fourth-order valence-electron chi connectivity index (χ4n) is 1.67. The molecule has 92 valence electrons. The highest BCUT2D eigenvalue weighted by atomic mass is 32.1. The fraction of sp³-hybridized carbons (Fsp3) is 0.250. The van der Waals surface area contributed by atoms with E-state index in [1.165, 1.54) is 0 Å². The molecule has 3 heterocycles. The molecule has 0 radical (unpaired) electrons. The zero-order valence-corrected chi connectivity index (χ0v) is 10.9. The van der Waals surface area contributed by atoms with Gasteiger partial charge in [0.25, 0.3) is 0 Å². The van der Waals surface area contributed by atoms with Crippen LogP contribution in [0.1, 0.15) is 12.7 Å². The van der Waals surface area contributed by atoms with Crippen molar-refractivity contribution in [3.8, 4) is 11.6 Å². The van der Waals surface area contributed by atoms with Crippen LogP contribution in [0.25, 0.3) is 10.2 Å². The number of nitrogens with zero attached hydrogens (tertiary/aromatic N) is 4. The summed E-state index contributed by atoms with van der Waals surface area (Å²) in [5, 5.41) is 7.01. The Morgan fingerprint density at radius 3 is 3.00 bits per heavy atom. The molecule has 0 atom stereocenters. The van der Waals surface area contributed by atoms with Crippen molar-refractivity contribution in [1.29, 1.82) is 0 Å². The number of ether oxygens (including phenoxy) is 1. The van der Waals surface area contributed by atoms with Crippen molar-refractivity contribution in [1.82, 2.24) is 19.7 Å². The first kappa shape index (κ1) is 11.2. The third-order valence-corrected chi connectivity index (χ3v) is 3.35. The van der Waals surface area contributed by atoms with E-state index in [1.807, 2.05) is 31.6 Å². The zero-order chi connectivity index (χ0) is 12.5. The lowest BCUT2D eigenvalue weighted by atomic mass is 10.3. The van der Waals surface area contributed by atoms with Gasteiger partial charge in [0.1, 0.15) is 10.7 Å². The predicted octanol–water partition coefficient (Wildman–Crippen LogP) is 2.78. The summed E-state index contributed by atoms with van der Waals surface area (Å²) in [5.74, 6) is 2.08. The standard InChI is InChI=1S/C12H12N4OS/c1-3-10-14-11(9-4-5-18-12(9)15-10)17-8-6-13-16(2)7-8/h4-7H,3H2,1-2H3. The van der Waals surface area contributed by atoms with Gasteiger partial charge in [-0.2, -0.15) is 10.1 Å². The summed E-state index contributed by atoms with van der Waals surface area (Å²) in [5.41, 5.74) is 0. The van der Waals surface area contributed by atoms with Crippen molar-refractivity contribution in [2.75, 3.05) is 0 Å². The fourth-order valence-corrected chi connectivity index (χ4v) is 2.44. The molecule has 3 aromatic rings. The third-order valence-electron chi connectivity index (χ3n) is 2.55. The van der Waals surface area contributed by atoms with Gasteiger partial charge in [0.2, 0.25) is 5.88 Å². The van der Waals surface area contributed by atoms with E-state index in [9.17, 15) is 0 Å². The van der Waals surface area contributed by atoms with Crippen molar-refractivity contribution in [2.45, 2.75) is 13.3 Å². The second-order valence-electron chi connectivity index (χ2n) is 3.89. The van der Waals surface area contributed by atoms with Gasteiger partial charge in [-0.1, -0.05) is 6.92 Å². The summed E-state index contributed by atoms with van der Waals surface area (Å²) in [6, 6.07) is 1.98. The van der Waals surface area contributed by atoms with E-state index in [1.54, 1.807) is 22.2 Å². The molecule has 0 spiro atoms. The van der Waals surface area contributed by atoms with Crippen LogP contribution in [-0.2, 0) is 13.5 Å². The minimum absolute atomic E-state index is 0.603. The van der Waals surface area contributed by atoms with Crippen LogP contribution >= 0.6 is 11.3 Å². The molecule has 3 rings (SSSR count). The van der Waals surface area contributed by atoms with Crippen molar-refractivity contribution in [3.63, 3.8) is 0 Å². The number of hydrogen-bond acceptors (Lipinski definition) is 5. The maximum atomic E-state index is 5.79. The van der Waals surface area contributed by atoms with Gasteiger partial charge in [-0.25, -0.2) is 4.98 Å². The highest BCUT2D eigenvalue weighted by molar-refractivity contribution is 7.16. The average Bonchev–Trinajstić information content (AvgIpc) is 2.98. The normalized spacial score (nSPS) is 11.0. The van der Waals surface area contributed by atoms with E-state index < -0.39 is 0 Å². The summed E-state index contributed by atoms with van der Waals surface area (Å²) in [4.78, 5) is 9.86. The summed E-state index contributed by atoms with van der Waals surface area (Å²) >= 11 is 1.59. The van der Waals surface area contributed by atoms with Crippen LogP contribution < -0.4 is 4.74 Å². The molecule has 0 fully saturated rings. The van der Waals surface area contributed by atoms with Crippen LogP contribution in [0.5, 0.6) is 11.6 Å². The number of fused-ring (bicyclic) bond motifs is 1. The maximum Gasteiger partial charge on any atom is 0.231 e. The van der Waals surface area contributed by atoms with E-state index in [0.29, 0.717) is 11.6 Å². The highest BCUT2D eigenvalue weighted by Gasteiger charge is 2.10. The van der Waals surface area contributed by atoms with Crippen molar-refractivity contribution in [2.24, 2.45) is 7.05 Å². The first-order valence-electron chi connectivity index (χ1n) is 5.67. The van der Waals surface area contributed by atoms with Gasteiger partial charge < -0.3 is 4.74 Å². The molecule has 0 aromatic carbocycles. The maximum absolute atomic E-state index is 5.79. The number of rotatable bonds is 3. The molecule has 0 saturated heterocycles. The quantitative estimate of drug-likeness (QED) is 0.726. The Kier molecular flexibility index (Phi) is 2.71. The van der Waals surface area contributed by atoms with Gasteiger partial charge >= 0.3 is 0 Å². The minimum Gasteiger partial charge on any atom is -0.435 e. The number of thiophene rings is 1. The molecule has 0 aliphatic carbocycles. The molecule has 18 heavy (non-hydrogen) atoms. The van der Waals surface area contributed by atoms with Crippen LogP contribution in [0.2, 0.25) is 0 Å². The van der Waals surface area contributed by atoms with Crippen LogP contribution in [0.3, 0.4) is 0 Å². The first-order valence-corrected chi connectivity index (χ1v) is 6.55. The van der Waals surface area contributed by atoms with Crippen LogP contribution in [0.4, 0.5) is 0 Å². The second-order valence-corrected chi connectivity index (χ2v) is 4.78. The lowest BCUT2D eigenvalue weighted by Crippen LogP contribution is -1.96. The Labute approximate surface area is 108 Å². The van der Waals surface area contributed by atoms with Gasteiger partial charge in [-0.15, -0.1) is 11.3 Å². The molecule has 0 aliphatic rings. The van der Waals surface area contributed by atoms with Crippen molar-refractivity contribution >= 4 is 21.6 Å². The summed E-state index contributed by atoms with van der Waals surface area (Å²) in [6.45, 7) is 2.03. The predicted molar refractivity (Wildman–Crippen MR) is 70.1 cm³/mol. The van der Waals surface area contributed by atoms with Crippen molar-refractivity contribution in [3.05, 3.63) is 29.7 Å². The summed E-state index contributed by atoms with van der Waals surface area (Å²) in [6.07, 6.45) is 4.27. The van der Waals surface area contributed by atoms with Gasteiger partial charge in [0.05, 0.1) is 17.8 Å². The van der Waals surface area contributed by atoms with Gasteiger partial charge in [-0.3, -0.25) is 4.68 Å². The molecule has 0 bridgehead atoms. The van der Waals surface area contributed by atoms with Crippen molar-refractivity contribution < 1.29 is 4.74 Å². The largest absolute Gasteiger partial charge is 0.435 e. The molecule has 0 unspecified atom stereocenters. The van der Waals surface area contributed by atoms with E-state index in [-0.39, 0.29) is 0 Å². The molecule has 5 nitrogen and oxygen atoms in total. The van der Waals surface area contributed by atoms with Crippen LogP contribution in [0.15, 0.2) is 23.8 Å². The Balaban J connectivity index is 2.06. The summed E-state index contributed by atoms with van der Waals surface area (Å²) in [7, 11) is 1.85. The average molecular weight is 260 g/mol. The Morgan fingerprint density at radius 1 is 1.39 bits per heavy atom. The smallest absolute Gasteiger partial charge is 0.231 e. The highest BCUT2D eigenvalue weighted by Crippen LogP contribution is 2.30. The Morgan fingerprint density at radius 2 is 2.28 bits per heavy atom. The van der Waals surface area contributed by atoms with Gasteiger partial charge in [0.15, 0.2) is 5.75 Å². The molecule has 3 aromatic heterocycles. The minimum atomic E-state index is 0.603. The SMILES string of the molecule is CCc1nc(Oc2cnn(C)c2)c2ccsc2n1. The molecule has 0 aliphatic heterocycles. The topological polar surface area (TPSA) is 52.8 Å². The lowest BCUT2D eigenvalue weighted by Gasteiger charge is -2.04. The van der Waals surface area contributed by atoms with E-state index >= 15 is 0 Å². The van der Waals surface area contributed by atoms with Crippen LogP contribution in [-0.4, -0.2) is 19.7 Å². The molecule has 0 saturated carbocycles. The lowest BCUT2D eigenvalue weighted by molar-refractivity contribution is 0.465.